The lowest BCUT2D eigenvalue weighted by Gasteiger charge is -2.37. The lowest BCUT2D eigenvalue weighted by molar-refractivity contribution is 0.0298. The summed E-state index contributed by atoms with van der Waals surface area (Å²) in [6.45, 7) is 20.4. The molecule has 0 saturated carbocycles. The summed E-state index contributed by atoms with van der Waals surface area (Å²) in [6.07, 6.45) is -0.265. The summed E-state index contributed by atoms with van der Waals surface area (Å²) < 4.78 is 28.1. The van der Waals surface area contributed by atoms with Crippen LogP contribution in [0.5, 0.6) is 0 Å². The molecule has 0 aromatic heterocycles. The molecule has 0 aliphatic carbocycles. The van der Waals surface area contributed by atoms with Crippen LogP contribution in [0.4, 0.5) is 0 Å². The number of ether oxygens (including phenoxy) is 1. The minimum Gasteiger partial charge on any atom is -0.372 e. The van der Waals surface area contributed by atoms with Crippen LogP contribution in [0.2, 0.25) is 0 Å². The molecule has 0 N–H and O–H groups in total. The number of nitrogens with zero attached hydrogens (tertiary/aromatic N) is 2. The fraction of sp³-hybridized carbons (Fsp3) is 0.938. The standard InChI is InChI=1S/C16H31N2O3P/c1-11(2)18(12(3)4)22(19-10-9-17-8)21-16-13(5)14(6)20-15(16)7/h11-16H,9-10H2,1-7H3/t13-,14-,15?,16-,22?/m0/s1/i7D. The first-order valence-corrected chi connectivity index (χ1v) is 9.12. The van der Waals surface area contributed by atoms with Crippen LogP contribution in [0.25, 0.3) is 4.85 Å². The maximum absolute atomic E-state index is 7.71. The van der Waals surface area contributed by atoms with Gasteiger partial charge >= 0.3 is 0 Å². The van der Waals surface area contributed by atoms with Crippen molar-refractivity contribution in [3.8, 4) is 0 Å². The molecule has 0 aromatic carbocycles. The second-order valence-electron chi connectivity index (χ2n) is 6.33. The Morgan fingerprint density at radius 2 is 1.91 bits per heavy atom. The van der Waals surface area contributed by atoms with E-state index in [2.05, 4.69) is 44.1 Å². The van der Waals surface area contributed by atoms with Crippen LogP contribution in [0.1, 0.15) is 49.8 Å². The summed E-state index contributed by atoms with van der Waals surface area (Å²) in [5, 5.41) is 0. The number of hydrogen-bond acceptors (Lipinski definition) is 4. The van der Waals surface area contributed by atoms with Crippen LogP contribution < -0.4 is 0 Å². The molecule has 0 spiro atoms. The number of hydrogen-bond donors (Lipinski definition) is 0. The molecule has 0 bridgehead atoms. The Morgan fingerprint density at radius 1 is 1.27 bits per heavy atom. The predicted octanol–water partition coefficient (Wildman–Crippen LogP) is 4.10. The van der Waals surface area contributed by atoms with E-state index in [4.69, 9.17) is 21.7 Å². The average molecular weight is 331 g/mol. The van der Waals surface area contributed by atoms with E-state index in [1.807, 2.05) is 6.92 Å². The Morgan fingerprint density at radius 3 is 2.41 bits per heavy atom. The van der Waals surface area contributed by atoms with Crippen molar-refractivity contribution in [2.24, 2.45) is 5.92 Å². The van der Waals surface area contributed by atoms with Gasteiger partial charge in [0.2, 0.25) is 6.54 Å². The molecule has 6 heteroatoms. The molecular formula is C16H31N2O3P. The third kappa shape index (κ3) is 5.15. The largest absolute Gasteiger partial charge is 0.372 e. The molecule has 0 aromatic rings. The van der Waals surface area contributed by atoms with Gasteiger partial charge in [-0.2, -0.15) is 0 Å². The van der Waals surface area contributed by atoms with Crippen molar-refractivity contribution in [1.29, 1.82) is 0 Å². The van der Waals surface area contributed by atoms with Gasteiger partial charge in [-0.15, -0.1) is 0 Å². The summed E-state index contributed by atoms with van der Waals surface area (Å²) >= 11 is 0. The highest BCUT2D eigenvalue weighted by Crippen LogP contribution is 2.49. The van der Waals surface area contributed by atoms with Crippen molar-refractivity contribution in [2.45, 2.75) is 78.8 Å². The molecule has 0 amide bonds. The average Bonchev–Trinajstić information content (AvgIpc) is 2.74. The van der Waals surface area contributed by atoms with E-state index in [1.54, 1.807) is 0 Å². The molecule has 2 unspecified atom stereocenters. The van der Waals surface area contributed by atoms with E-state index in [1.165, 1.54) is 0 Å². The van der Waals surface area contributed by atoms with Gasteiger partial charge in [0.05, 0.1) is 18.3 Å². The maximum atomic E-state index is 7.71. The smallest absolute Gasteiger partial charge is 0.259 e. The van der Waals surface area contributed by atoms with Crippen molar-refractivity contribution >= 4 is 8.53 Å². The van der Waals surface area contributed by atoms with E-state index in [9.17, 15) is 0 Å². The molecular weight excluding hydrogens is 299 g/mol. The highest BCUT2D eigenvalue weighted by atomic mass is 31.2. The zero-order valence-corrected chi connectivity index (χ0v) is 15.5. The van der Waals surface area contributed by atoms with Crippen LogP contribution >= 0.6 is 8.53 Å². The quantitative estimate of drug-likeness (QED) is 0.381. The molecule has 0 radical (unpaired) electrons. The van der Waals surface area contributed by atoms with E-state index in [0.29, 0.717) is 13.2 Å². The highest BCUT2D eigenvalue weighted by Gasteiger charge is 2.41. The molecule has 1 aliphatic rings. The monoisotopic (exact) mass is 331 g/mol. The zero-order valence-electron chi connectivity index (χ0n) is 15.7. The van der Waals surface area contributed by atoms with Crippen LogP contribution in [-0.4, -0.2) is 48.2 Å². The van der Waals surface area contributed by atoms with Crippen LogP contribution in [0.3, 0.4) is 0 Å². The van der Waals surface area contributed by atoms with E-state index >= 15 is 0 Å². The number of rotatable bonds is 8. The molecule has 5 atom stereocenters. The SMILES string of the molecule is [2H]CC1O[C@@H](C)[C@H](C)[C@@H]1OP(OCC[N+]#[C-])N(C(C)C)C(C)C. The molecule has 1 aliphatic heterocycles. The maximum Gasteiger partial charge on any atom is 0.259 e. The van der Waals surface area contributed by atoms with Crippen LogP contribution in [0.15, 0.2) is 0 Å². The Labute approximate surface area is 138 Å². The summed E-state index contributed by atoms with van der Waals surface area (Å²) in [4.78, 5) is 3.35. The Kier molecular flexibility index (Phi) is 7.53. The first kappa shape index (κ1) is 18.1. The molecule has 1 rings (SSSR count). The first-order chi connectivity index (χ1) is 10.8. The van der Waals surface area contributed by atoms with Gasteiger partial charge in [0.1, 0.15) is 6.61 Å². The Hall–Kier alpha value is -0.240. The van der Waals surface area contributed by atoms with E-state index in [0.717, 1.165) is 0 Å². The van der Waals surface area contributed by atoms with Crippen molar-refractivity contribution in [3.63, 3.8) is 0 Å². The topological polar surface area (TPSA) is 35.3 Å². The summed E-state index contributed by atoms with van der Waals surface area (Å²) in [5.41, 5.74) is 0. The zero-order chi connectivity index (χ0) is 17.6. The van der Waals surface area contributed by atoms with Crippen molar-refractivity contribution < 1.29 is 15.2 Å². The lowest BCUT2D eigenvalue weighted by atomic mass is 10.0. The van der Waals surface area contributed by atoms with Gasteiger partial charge < -0.3 is 18.6 Å². The summed E-state index contributed by atoms with van der Waals surface area (Å²) in [6, 6.07) is 0.553. The first-order valence-electron chi connectivity index (χ1n) is 8.70. The second-order valence-corrected chi connectivity index (χ2v) is 7.74. The van der Waals surface area contributed by atoms with Crippen molar-refractivity contribution in [2.75, 3.05) is 13.2 Å². The minimum absolute atomic E-state index is 0.0852. The molecule has 5 nitrogen and oxygen atoms in total. The van der Waals surface area contributed by atoms with Crippen molar-refractivity contribution in [1.82, 2.24) is 4.67 Å². The highest BCUT2D eigenvalue weighted by molar-refractivity contribution is 7.44. The lowest BCUT2D eigenvalue weighted by Crippen LogP contribution is -2.36. The predicted molar refractivity (Wildman–Crippen MR) is 90.5 cm³/mol. The second kappa shape index (κ2) is 9.15. The minimum atomic E-state index is -1.28. The van der Waals surface area contributed by atoms with Gasteiger partial charge in [-0.25, -0.2) is 11.2 Å². The fourth-order valence-electron chi connectivity index (χ4n) is 2.64. The van der Waals surface area contributed by atoms with Gasteiger partial charge in [0, 0.05) is 19.4 Å². The molecule has 1 heterocycles. The van der Waals surface area contributed by atoms with Gasteiger partial charge in [-0.05, 0) is 41.5 Å². The molecule has 128 valence electrons. The van der Waals surface area contributed by atoms with Crippen LogP contribution in [0, 0.1) is 12.5 Å². The summed E-state index contributed by atoms with van der Waals surface area (Å²) in [7, 11) is -1.28. The molecule has 1 fully saturated rings. The van der Waals surface area contributed by atoms with Gasteiger partial charge in [0.15, 0.2) is 0 Å². The van der Waals surface area contributed by atoms with E-state index < -0.39 is 8.53 Å². The summed E-state index contributed by atoms with van der Waals surface area (Å²) in [5.74, 6) is 0.223. The molecule has 1 saturated heterocycles. The third-order valence-electron chi connectivity index (χ3n) is 3.88. The van der Waals surface area contributed by atoms with E-state index in [-0.39, 0.29) is 43.2 Å². The van der Waals surface area contributed by atoms with Gasteiger partial charge in [-0.1, -0.05) is 6.92 Å². The van der Waals surface area contributed by atoms with Gasteiger partial charge in [-0.3, -0.25) is 0 Å². The Bertz CT molecular complexity index is 384. The van der Waals surface area contributed by atoms with Crippen LogP contribution in [-0.2, 0) is 13.8 Å². The third-order valence-corrected chi connectivity index (χ3v) is 6.01. The Balaban J connectivity index is 2.88. The van der Waals surface area contributed by atoms with Crippen molar-refractivity contribution in [3.05, 3.63) is 11.4 Å². The van der Waals surface area contributed by atoms with Gasteiger partial charge in [0.25, 0.3) is 8.53 Å². The fourth-order valence-corrected chi connectivity index (χ4v) is 4.47. The molecule has 22 heavy (non-hydrogen) atoms. The normalized spacial score (nSPS) is 30.8.